The van der Waals surface area contributed by atoms with Gasteiger partial charge >= 0.3 is 0 Å². The second-order valence-electron chi connectivity index (χ2n) is 3.99. The molecule has 18 heavy (non-hydrogen) atoms. The highest BCUT2D eigenvalue weighted by atomic mass is 32.2. The van der Waals surface area contributed by atoms with Crippen molar-refractivity contribution in [2.45, 2.75) is 33.2 Å². The van der Waals surface area contributed by atoms with Gasteiger partial charge in [-0.3, -0.25) is 14.4 Å². The van der Waals surface area contributed by atoms with Crippen molar-refractivity contribution >= 4 is 23.6 Å². The summed E-state index contributed by atoms with van der Waals surface area (Å²) in [7, 11) is 0. The van der Waals surface area contributed by atoms with Crippen LogP contribution >= 0.6 is 11.8 Å². The van der Waals surface area contributed by atoms with Crippen LogP contribution in [0.1, 0.15) is 27.2 Å². The van der Waals surface area contributed by atoms with Gasteiger partial charge in [0.1, 0.15) is 6.04 Å². The van der Waals surface area contributed by atoms with Crippen LogP contribution in [0.4, 0.5) is 0 Å². The van der Waals surface area contributed by atoms with Gasteiger partial charge in [-0.2, -0.15) is 0 Å². The number of hydrogen-bond acceptors (Lipinski definition) is 4. The van der Waals surface area contributed by atoms with E-state index in [0.717, 1.165) is 6.42 Å². The van der Waals surface area contributed by atoms with E-state index in [0.29, 0.717) is 23.8 Å². The van der Waals surface area contributed by atoms with E-state index in [4.69, 9.17) is 4.84 Å². The molecule has 1 N–H and O–H groups in total. The lowest BCUT2D eigenvalue weighted by atomic mass is 10.2. The van der Waals surface area contributed by atoms with Crippen LogP contribution in [0.15, 0.2) is 11.6 Å². The van der Waals surface area contributed by atoms with Gasteiger partial charge in [0.05, 0.1) is 12.5 Å². The third-order valence-electron chi connectivity index (χ3n) is 2.61. The summed E-state index contributed by atoms with van der Waals surface area (Å²) < 4.78 is 0. The highest BCUT2D eigenvalue weighted by Gasteiger charge is 2.35. The Morgan fingerprint density at radius 3 is 2.83 bits per heavy atom. The highest BCUT2D eigenvalue weighted by Crippen LogP contribution is 2.23. The SMILES string of the molecule is CC/C=C(\C)C(=O)N1CSCC1C(=O)NOCC. The number of nitrogens with one attached hydrogen (secondary N) is 1. The number of carbonyl (C=O) groups is 2. The third-order valence-corrected chi connectivity index (χ3v) is 3.62. The smallest absolute Gasteiger partial charge is 0.267 e. The van der Waals surface area contributed by atoms with E-state index >= 15 is 0 Å². The van der Waals surface area contributed by atoms with Crippen molar-refractivity contribution in [3.8, 4) is 0 Å². The molecule has 1 rings (SSSR count). The Kier molecular flexibility index (Phi) is 6.21. The highest BCUT2D eigenvalue weighted by molar-refractivity contribution is 7.99. The summed E-state index contributed by atoms with van der Waals surface area (Å²) in [5.41, 5.74) is 3.05. The lowest BCUT2D eigenvalue weighted by molar-refractivity contribution is -0.142. The maximum absolute atomic E-state index is 12.1. The predicted molar refractivity (Wildman–Crippen MR) is 71.8 cm³/mol. The zero-order chi connectivity index (χ0) is 13.5. The van der Waals surface area contributed by atoms with E-state index in [9.17, 15) is 9.59 Å². The predicted octanol–water partition coefficient (Wildman–Crippen LogP) is 1.31. The lowest BCUT2D eigenvalue weighted by Gasteiger charge is -2.23. The van der Waals surface area contributed by atoms with Gasteiger partial charge < -0.3 is 4.90 Å². The van der Waals surface area contributed by atoms with Crippen molar-refractivity contribution in [1.82, 2.24) is 10.4 Å². The second-order valence-corrected chi connectivity index (χ2v) is 4.99. The van der Waals surface area contributed by atoms with Crippen molar-refractivity contribution in [3.05, 3.63) is 11.6 Å². The molecule has 1 heterocycles. The van der Waals surface area contributed by atoms with E-state index in [-0.39, 0.29) is 11.8 Å². The summed E-state index contributed by atoms with van der Waals surface area (Å²) in [6.07, 6.45) is 2.69. The molecule has 102 valence electrons. The summed E-state index contributed by atoms with van der Waals surface area (Å²) in [5, 5.41) is 0. The molecular weight excluding hydrogens is 252 g/mol. The van der Waals surface area contributed by atoms with Gasteiger partial charge in [0, 0.05) is 11.3 Å². The Morgan fingerprint density at radius 2 is 2.22 bits per heavy atom. The fourth-order valence-corrected chi connectivity index (χ4v) is 2.85. The molecule has 2 amide bonds. The summed E-state index contributed by atoms with van der Waals surface area (Å²) in [4.78, 5) is 30.5. The first-order valence-electron chi connectivity index (χ1n) is 6.08. The normalized spacial score (nSPS) is 20.1. The number of rotatable bonds is 5. The summed E-state index contributed by atoms with van der Waals surface area (Å²) in [6, 6.07) is -0.436. The van der Waals surface area contributed by atoms with Crippen LogP contribution in [0.2, 0.25) is 0 Å². The Balaban J connectivity index is 2.67. The van der Waals surface area contributed by atoms with Crippen molar-refractivity contribution in [1.29, 1.82) is 0 Å². The molecule has 1 unspecified atom stereocenters. The van der Waals surface area contributed by atoms with Crippen LogP contribution in [-0.4, -0.2) is 41.0 Å². The number of allylic oxidation sites excluding steroid dienone is 1. The first kappa shape index (κ1) is 15.0. The molecule has 0 radical (unpaired) electrons. The Morgan fingerprint density at radius 1 is 1.50 bits per heavy atom. The van der Waals surface area contributed by atoms with E-state index in [2.05, 4.69) is 5.48 Å². The monoisotopic (exact) mass is 272 g/mol. The molecule has 0 spiro atoms. The molecule has 0 bridgehead atoms. The van der Waals surface area contributed by atoms with Crippen molar-refractivity contribution in [2.24, 2.45) is 0 Å². The van der Waals surface area contributed by atoms with E-state index in [1.54, 1.807) is 30.5 Å². The number of hydrogen-bond donors (Lipinski definition) is 1. The zero-order valence-electron chi connectivity index (χ0n) is 11.1. The molecule has 1 saturated heterocycles. The Hall–Kier alpha value is -1.01. The molecule has 5 nitrogen and oxygen atoms in total. The fraction of sp³-hybridized carbons (Fsp3) is 0.667. The summed E-state index contributed by atoms with van der Waals surface area (Å²) in [6.45, 7) is 5.97. The van der Waals surface area contributed by atoms with E-state index in [1.165, 1.54) is 0 Å². The van der Waals surface area contributed by atoms with Gasteiger partial charge in [-0.05, 0) is 20.3 Å². The standard InChI is InChI=1S/C12H20N2O3S/c1-4-6-9(3)12(16)14-8-18-7-10(14)11(15)13-17-5-2/h6,10H,4-5,7-8H2,1-3H3,(H,13,15)/b9-6+. The molecular formula is C12H20N2O3S. The molecule has 1 aliphatic rings. The number of nitrogens with zero attached hydrogens (tertiary/aromatic N) is 1. The van der Waals surface area contributed by atoms with Gasteiger partial charge in [-0.15, -0.1) is 11.8 Å². The van der Waals surface area contributed by atoms with Gasteiger partial charge in [0.25, 0.3) is 11.8 Å². The zero-order valence-corrected chi connectivity index (χ0v) is 11.9. The van der Waals surface area contributed by atoms with Gasteiger partial charge in [0.2, 0.25) is 0 Å². The Bertz CT molecular complexity index is 344. The fourth-order valence-electron chi connectivity index (χ4n) is 1.69. The molecule has 0 aromatic rings. The molecule has 1 atom stereocenters. The minimum absolute atomic E-state index is 0.0708. The summed E-state index contributed by atoms with van der Waals surface area (Å²) in [5.74, 6) is 0.847. The quantitative estimate of drug-likeness (QED) is 0.605. The maximum Gasteiger partial charge on any atom is 0.267 e. The van der Waals surface area contributed by atoms with E-state index < -0.39 is 6.04 Å². The Labute approximate surface area is 112 Å². The molecule has 1 aliphatic heterocycles. The van der Waals surface area contributed by atoms with Crippen molar-refractivity contribution in [3.63, 3.8) is 0 Å². The number of amides is 2. The molecule has 0 saturated carbocycles. The number of hydroxylamine groups is 1. The molecule has 1 fully saturated rings. The minimum atomic E-state index is -0.436. The first-order chi connectivity index (χ1) is 8.61. The third kappa shape index (κ3) is 3.74. The van der Waals surface area contributed by atoms with Gasteiger partial charge in [-0.25, -0.2) is 5.48 Å². The lowest BCUT2D eigenvalue weighted by Crippen LogP contribution is -2.47. The first-order valence-corrected chi connectivity index (χ1v) is 7.24. The topological polar surface area (TPSA) is 58.6 Å². The second kappa shape index (κ2) is 7.43. The van der Waals surface area contributed by atoms with E-state index in [1.807, 2.05) is 13.0 Å². The van der Waals surface area contributed by atoms with Crippen LogP contribution in [0.5, 0.6) is 0 Å². The largest absolute Gasteiger partial charge is 0.317 e. The minimum Gasteiger partial charge on any atom is -0.317 e. The van der Waals surface area contributed by atoms with Crippen LogP contribution in [0, 0.1) is 0 Å². The molecule has 0 aromatic heterocycles. The number of carbonyl (C=O) groups excluding carboxylic acids is 2. The van der Waals surface area contributed by atoms with Crippen LogP contribution in [0.3, 0.4) is 0 Å². The average molecular weight is 272 g/mol. The van der Waals surface area contributed by atoms with Crippen molar-refractivity contribution < 1.29 is 14.4 Å². The maximum atomic E-state index is 12.1. The summed E-state index contributed by atoms with van der Waals surface area (Å²) >= 11 is 1.58. The van der Waals surface area contributed by atoms with Gasteiger partial charge in [0.15, 0.2) is 0 Å². The van der Waals surface area contributed by atoms with Crippen LogP contribution < -0.4 is 5.48 Å². The van der Waals surface area contributed by atoms with Crippen LogP contribution in [-0.2, 0) is 14.4 Å². The molecule has 0 aromatic carbocycles. The number of thioether (sulfide) groups is 1. The van der Waals surface area contributed by atoms with Crippen LogP contribution in [0.25, 0.3) is 0 Å². The average Bonchev–Trinajstić information content (AvgIpc) is 2.84. The van der Waals surface area contributed by atoms with Gasteiger partial charge in [-0.1, -0.05) is 13.0 Å². The molecule has 6 heteroatoms. The van der Waals surface area contributed by atoms with Crippen molar-refractivity contribution in [2.75, 3.05) is 18.2 Å². The molecule has 0 aliphatic carbocycles.